The third-order valence-corrected chi connectivity index (χ3v) is 5.47. The van der Waals surface area contributed by atoms with Crippen LogP contribution in [0.4, 0.5) is 0 Å². The Balaban J connectivity index is 1.69. The van der Waals surface area contributed by atoms with Crippen LogP contribution in [0.2, 0.25) is 0 Å². The molecule has 116 valence electrons. The Kier molecular flexibility index (Phi) is 5.30. The summed E-state index contributed by atoms with van der Waals surface area (Å²) in [6, 6.07) is 5.60. The van der Waals surface area contributed by atoms with E-state index < -0.39 is 9.84 Å². The van der Waals surface area contributed by atoms with E-state index in [1.807, 2.05) is 30.1 Å². The molecule has 1 amide bonds. The lowest BCUT2D eigenvalue weighted by molar-refractivity contribution is -0.121. The van der Waals surface area contributed by atoms with E-state index >= 15 is 0 Å². The van der Waals surface area contributed by atoms with E-state index in [1.54, 1.807) is 6.20 Å². The predicted octanol–water partition coefficient (Wildman–Crippen LogP) is 0.207. The van der Waals surface area contributed by atoms with Crippen molar-refractivity contribution in [2.75, 3.05) is 25.1 Å². The van der Waals surface area contributed by atoms with Gasteiger partial charge in [-0.25, -0.2) is 8.42 Å². The van der Waals surface area contributed by atoms with Crippen LogP contribution in [0.15, 0.2) is 24.4 Å². The second-order valence-electron chi connectivity index (χ2n) is 5.39. The minimum atomic E-state index is -2.88. The smallest absolute Gasteiger partial charge is 0.221 e. The van der Waals surface area contributed by atoms with E-state index in [0.29, 0.717) is 25.9 Å². The van der Waals surface area contributed by atoms with Gasteiger partial charge in [-0.05, 0) is 25.6 Å². The molecule has 6 nitrogen and oxygen atoms in total. The number of carbonyl (C=O) groups is 1. The summed E-state index contributed by atoms with van der Waals surface area (Å²) in [5, 5.41) is 2.81. The van der Waals surface area contributed by atoms with Crippen LogP contribution in [-0.4, -0.2) is 55.3 Å². The number of nitrogens with zero attached hydrogens (tertiary/aromatic N) is 2. The van der Waals surface area contributed by atoms with Crippen LogP contribution in [0.5, 0.6) is 0 Å². The molecule has 1 aromatic heterocycles. The highest BCUT2D eigenvalue weighted by atomic mass is 32.2. The second kappa shape index (κ2) is 7.00. The first kappa shape index (κ1) is 15.9. The summed E-state index contributed by atoms with van der Waals surface area (Å²) < 4.78 is 22.9. The van der Waals surface area contributed by atoms with Crippen molar-refractivity contribution in [2.45, 2.75) is 25.4 Å². The lowest BCUT2D eigenvalue weighted by Crippen LogP contribution is -2.36. The zero-order valence-corrected chi connectivity index (χ0v) is 13.0. The minimum absolute atomic E-state index is 0.0404. The number of carbonyl (C=O) groups excluding carboxylic acids is 1. The molecule has 1 atom stereocenters. The highest BCUT2D eigenvalue weighted by molar-refractivity contribution is 7.91. The predicted molar refractivity (Wildman–Crippen MR) is 80.4 cm³/mol. The average molecular weight is 311 g/mol. The van der Waals surface area contributed by atoms with Crippen molar-refractivity contribution in [2.24, 2.45) is 0 Å². The molecule has 1 aromatic rings. The van der Waals surface area contributed by atoms with E-state index in [1.165, 1.54) is 0 Å². The molecule has 1 aliphatic heterocycles. The zero-order chi connectivity index (χ0) is 15.3. The number of nitrogens with one attached hydrogen (secondary N) is 1. The topological polar surface area (TPSA) is 79.4 Å². The molecule has 1 saturated heterocycles. The monoisotopic (exact) mass is 311 g/mol. The summed E-state index contributed by atoms with van der Waals surface area (Å²) in [6.45, 7) is 0.982. The van der Waals surface area contributed by atoms with Crippen LogP contribution in [0.1, 0.15) is 18.5 Å². The van der Waals surface area contributed by atoms with Gasteiger partial charge in [0, 0.05) is 25.2 Å². The Hall–Kier alpha value is -1.47. The first-order valence-corrected chi connectivity index (χ1v) is 8.86. The van der Waals surface area contributed by atoms with Crippen LogP contribution in [0.3, 0.4) is 0 Å². The molecular weight excluding hydrogens is 290 g/mol. The van der Waals surface area contributed by atoms with E-state index in [-0.39, 0.29) is 23.5 Å². The number of hydrogen-bond donors (Lipinski definition) is 1. The number of aromatic nitrogens is 1. The first-order chi connectivity index (χ1) is 9.96. The molecule has 0 aromatic carbocycles. The maximum absolute atomic E-state index is 11.8. The van der Waals surface area contributed by atoms with Gasteiger partial charge in [-0.1, -0.05) is 6.07 Å². The van der Waals surface area contributed by atoms with Crippen molar-refractivity contribution in [3.05, 3.63) is 30.1 Å². The van der Waals surface area contributed by atoms with Gasteiger partial charge in [0.2, 0.25) is 5.91 Å². The first-order valence-electron chi connectivity index (χ1n) is 7.03. The van der Waals surface area contributed by atoms with Gasteiger partial charge in [-0.2, -0.15) is 0 Å². The molecule has 7 heteroatoms. The van der Waals surface area contributed by atoms with Crippen molar-refractivity contribution in [1.82, 2.24) is 15.2 Å². The fraction of sp³-hybridized carbons (Fsp3) is 0.571. The van der Waals surface area contributed by atoms with Gasteiger partial charge in [0.15, 0.2) is 9.84 Å². The Morgan fingerprint density at radius 2 is 2.29 bits per heavy atom. The fourth-order valence-electron chi connectivity index (χ4n) is 2.36. The summed E-state index contributed by atoms with van der Waals surface area (Å²) in [7, 11) is -1.00. The summed E-state index contributed by atoms with van der Waals surface area (Å²) in [6.07, 6.45) is 2.71. The van der Waals surface area contributed by atoms with Gasteiger partial charge in [-0.3, -0.25) is 9.78 Å². The maximum atomic E-state index is 11.8. The Morgan fingerprint density at radius 1 is 1.48 bits per heavy atom. The molecule has 0 radical (unpaired) electrons. The van der Waals surface area contributed by atoms with E-state index in [9.17, 15) is 13.2 Å². The number of hydrogen-bond acceptors (Lipinski definition) is 5. The number of rotatable bonds is 6. The molecule has 0 aliphatic carbocycles. The highest BCUT2D eigenvalue weighted by Crippen LogP contribution is 2.16. The summed E-state index contributed by atoms with van der Waals surface area (Å²) in [5.41, 5.74) is 0.820. The van der Waals surface area contributed by atoms with Gasteiger partial charge in [0.1, 0.15) is 0 Å². The fourth-order valence-corrected chi connectivity index (χ4v) is 4.17. The molecule has 0 saturated carbocycles. The van der Waals surface area contributed by atoms with E-state index in [0.717, 1.165) is 5.69 Å². The lowest BCUT2D eigenvalue weighted by atomic mass is 10.2. The summed E-state index contributed by atoms with van der Waals surface area (Å²) in [5.74, 6) is 0.417. The summed E-state index contributed by atoms with van der Waals surface area (Å²) >= 11 is 0. The molecule has 1 fully saturated rings. The van der Waals surface area contributed by atoms with Gasteiger partial charge < -0.3 is 10.2 Å². The van der Waals surface area contributed by atoms with Crippen molar-refractivity contribution in [3.63, 3.8) is 0 Å². The third kappa shape index (κ3) is 5.09. The quantitative estimate of drug-likeness (QED) is 0.812. The van der Waals surface area contributed by atoms with Crippen molar-refractivity contribution in [1.29, 1.82) is 0 Å². The average Bonchev–Trinajstić information content (AvgIpc) is 2.84. The van der Waals surface area contributed by atoms with Crippen LogP contribution < -0.4 is 5.32 Å². The molecule has 2 heterocycles. The van der Waals surface area contributed by atoms with Gasteiger partial charge in [-0.15, -0.1) is 0 Å². The largest absolute Gasteiger partial charge is 0.350 e. The van der Waals surface area contributed by atoms with Crippen molar-refractivity contribution >= 4 is 15.7 Å². The number of amides is 1. The van der Waals surface area contributed by atoms with Crippen molar-refractivity contribution < 1.29 is 13.2 Å². The minimum Gasteiger partial charge on any atom is -0.350 e. The standard InChI is InChI=1S/C14H21N3O3S/c1-17(13-6-9-21(19,20)11-13)8-5-14(18)16-10-12-4-2-3-7-15-12/h2-4,7,13H,5-6,8-11H2,1H3,(H,16,18). The molecule has 1 aliphatic rings. The van der Waals surface area contributed by atoms with Crippen LogP contribution in [-0.2, 0) is 21.2 Å². The molecule has 0 spiro atoms. The number of sulfone groups is 1. The molecular formula is C14H21N3O3S. The highest BCUT2D eigenvalue weighted by Gasteiger charge is 2.30. The SMILES string of the molecule is CN(CCC(=O)NCc1ccccn1)C1CCS(=O)(=O)C1. The van der Waals surface area contributed by atoms with E-state index in [4.69, 9.17) is 0 Å². The van der Waals surface area contributed by atoms with Gasteiger partial charge in [0.25, 0.3) is 0 Å². The maximum Gasteiger partial charge on any atom is 0.221 e. The second-order valence-corrected chi connectivity index (χ2v) is 7.61. The van der Waals surface area contributed by atoms with Gasteiger partial charge in [0.05, 0.1) is 23.7 Å². The van der Waals surface area contributed by atoms with Crippen LogP contribution in [0.25, 0.3) is 0 Å². The third-order valence-electron chi connectivity index (χ3n) is 3.72. The Labute approximate surface area is 125 Å². The summed E-state index contributed by atoms with van der Waals surface area (Å²) in [4.78, 5) is 17.9. The zero-order valence-electron chi connectivity index (χ0n) is 12.2. The normalized spacial score (nSPS) is 20.6. The number of pyridine rings is 1. The van der Waals surface area contributed by atoms with Crippen LogP contribution in [0, 0.1) is 0 Å². The lowest BCUT2D eigenvalue weighted by Gasteiger charge is -2.22. The Morgan fingerprint density at radius 3 is 2.90 bits per heavy atom. The van der Waals surface area contributed by atoms with Gasteiger partial charge >= 0.3 is 0 Å². The van der Waals surface area contributed by atoms with Crippen molar-refractivity contribution in [3.8, 4) is 0 Å². The van der Waals surface area contributed by atoms with E-state index in [2.05, 4.69) is 10.3 Å². The molecule has 1 N–H and O–H groups in total. The van der Waals surface area contributed by atoms with Crippen LogP contribution >= 0.6 is 0 Å². The molecule has 1 unspecified atom stereocenters. The molecule has 21 heavy (non-hydrogen) atoms. The molecule has 0 bridgehead atoms. The molecule has 2 rings (SSSR count). The Bertz CT molecular complexity index is 574.